The monoisotopic (exact) mass is 361 g/mol. The molecule has 0 saturated carbocycles. The minimum absolute atomic E-state index is 0.0754. The van der Waals surface area contributed by atoms with Gasteiger partial charge in [-0.2, -0.15) is 0 Å². The average Bonchev–Trinajstić information content (AvgIpc) is 3.20. The highest BCUT2D eigenvalue weighted by Crippen LogP contribution is 2.17. The Morgan fingerprint density at radius 2 is 2.27 bits per heavy atom. The second-order valence-electron chi connectivity index (χ2n) is 5.78. The Labute approximate surface area is 151 Å². The van der Waals surface area contributed by atoms with Crippen LogP contribution in [0, 0.1) is 5.92 Å². The first kappa shape index (κ1) is 19.4. The van der Waals surface area contributed by atoms with Gasteiger partial charge in [0.05, 0.1) is 18.7 Å². The number of carbonyl (C=O) groups excluding carboxylic acids is 2. The molecule has 140 valence electrons. The molecule has 3 N–H and O–H groups in total. The van der Waals surface area contributed by atoms with Crippen molar-refractivity contribution < 1.29 is 19.2 Å². The van der Waals surface area contributed by atoms with Crippen molar-refractivity contribution in [2.24, 2.45) is 5.92 Å². The number of hydrogen-bond donors (Lipinski definition) is 3. The van der Waals surface area contributed by atoms with E-state index in [0.717, 1.165) is 19.3 Å². The van der Waals surface area contributed by atoms with Crippen molar-refractivity contribution in [3.63, 3.8) is 0 Å². The Balaban J connectivity index is 1.95. The summed E-state index contributed by atoms with van der Waals surface area (Å²) in [4.78, 5) is 31.3. The van der Waals surface area contributed by atoms with Crippen LogP contribution in [0.2, 0.25) is 0 Å². The van der Waals surface area contributed by atoms with E-state index in [-0.39, 0.29) is 24.8 Å². The molecule has 2 rings (SSSR count). The molecule has 0 fully saturated rings. The molecule has 0 spiro atoms. The molecule has 2 heterocycles. The van der Waals surface area contributed by atoms with Crippen molar-refractivity contribution in [1.82, 2.24) is 20.5 Å². The smallest absolute Gasteiger partial charge is 0.243 e. The number of unbranched alkanes of at least 4 members (excludes halogenated alkanes) is 2. The number of rotatable bonds is 11. The first-order valence-corrected chi connectivity index (χ1v) is 8.47. The first-order chi connectivity index (χ1) is 12.6. The van der Waals surface area contributed by atoms with Crippen LogP contribution in [-0.4, -0.2) is 39.1 Å². The summed E-state index contributed by atoms with van der Waals surface area (Å²) in [6.45, 7) is 1.98. The van der Waals surface area contributed by atoms with Crippen LogP contribution in [0.25, 0.3) is 11.5 Å². The Morgan fingerprint density at radius 1 is 1.42 bits per heavy atom. The summed E-state index contributed by atoms with van der Waals surface area (Å²) in [5.41, 5.74) is 5.76. The highest BCUT2D eigenvalue weighted by atomic mass is 16.5. The highest BCUT2D eigenvalue weighted by Gasteiger charge is 2.20. The fraction of sp³-hybridized carbons (Fsp3) is 0.412. The van der Waals surface area contributed by atoms with E-state index in [4.69, 9.17) is 4.42 Å². The summed E-state index contributed by atoms with van der Waals surface area (Å²) in [5, 5.41) is 9.87. The average molecular weight is 361 g/mol. The summed E-state index contributed by atoms with van der Waals surface area (Å²) in [5.74, 6) is -0.108. The van der Waals surface area contributed by atoms with Crippen LogP contribution in [0.1, 0.15) is 32.6 Å². The normalized spacial score (nSPS) is 11.6. The van der Waals surface area contributed by atoms with E-state index >= 15 is 0 Å². The first-order valence-electron chi connectivity index (χ1n) is 8.47. The number of hydrazine groups is 1. The van der Waals surface area contributed by atoms with E-state index in [0.29, 0.717) is 22.9 Å². The van der Waals surface area contributed by atoms with Crippen LogP contribution in [0.4, 0.5) is 5.95 Å². The van der Waals surface area contributed by atoms with Gasteiger partial charge in [0.15, 0.2) is 5.76 Å². The third kappa shape index (κ3) is 5.85. The maximum absolute atomic E-state index is 12.4. The fourth-order valence-corrected chi connectivity index (χ4v) is 2.41. The van der Waals surface area contributed by atoms with Gasteiger partial charge in [0.2, 0.25) is 18.3 Å². The largest absolute Gasteiger partial charge is 0.463 e. The van der Waals surface area contributed by atoms with Crippen LogP contribution < -0.4 is 10.9 Å². The highest BCUT2D eigenvalue weighted by molar-refractivity contribution is 5.80. The van der Waals surface area contributed by atoms with Crippen LogP contribution in [0.5, 0.6) is 0 Å². The molecule has 2 aromatic rings. The van der Waals surface area contributed by atoms with Gasteiger partial charge in [-0.15, -0.1) is 0 Å². The van der Waals surface area contributed by atoms with Gasteiger partial charge in [0.1, 0.15) is 5.69 Å². The number of carbonyl (C=O) groups is 2. The van der Waals surface area contributed by atoms with Crippen molar-refractivity contribution in [1.29, 1.82) is 0 Å². The third-order valence-electron chi connectivity index (χ3n) is 3.78. The second kappa shape index (κ2) is 10.1. The lowest BCUT2D eigenvalue weighted by Crippen LogP contribution is -2.40. The molecule has 0 radical (unpaired) electrons. The van der Waals surface area contributed by atoms with E-state index in [1.54, 1.807) is 30.7 Å². The van der Waals surface area contributed by atoms with Crippen molar-refractivity contribution in [2.45, 2.75) is 32.6 Å². The zero-order valence-electron chi connectivity index (χ0n) is 14.6. The van der Waals surface area contributed by atoms with Gasteiger partial charge in [-0.1, -0.05) is 26.2 Å². The zero-order valence-corrected chi connectivity index (χ0v) is 14.6. The van der Waals surface area contributed by atoms with Crippen LogP contribution in [0.15, 0.2) is 35.1 Å². The Morgan fingerprint density at radius 3 is 2.96 bits per heavy atom. The molecule has 1 atom stereocenters. The second-order valence-corrected chi connectivity index (χ2v) is 5.78. The number of hydrogen-bond acceptors (Lipinski definition) is 7. The van der Waals surface area contributed by atoms with Crippen molar-refractivity contribution in [3.05, 3.63) is 30.7 Å². The topological polar surface area (TPSA) is 121 Å². The van der Waals surface area contributed by atoms with Gasteiger partial charge in [0.25, 0.3) is 0 Å². The van der Waals surface area contributed by atoms with Gasteiger partial charge in [0, 0.05) is 6.20 Å². The number of nitrogens with one attached hydrogen (secondary N) is 2. The lowest BCUT2D eigenvalue weighted by atomic mass is 10.0. The lowest BCUT2D eigenvalue weighted by Gasteiger charge is -2.19. The molecule has 0 aliphatic heterocycles. The van der Waals surface area contributed by atoms with E-state index in [2.05, 4.69) is 27.7 Å². The third-order valence-corrected chi connectivity index (χ3v) is 3.78. The quantitative estimate of drug-likeness (QED) is 0.243. The molecule has 0 bridgehead atoms. The molecular formula is C17H23N5O4. The van der Waals surface area contributed by atoms with E-state index in [1.807, 2.05) is 0 Å². The molecule has 2 amide bonds. The summed E-state index contributed by atoms with van der Waals surface area (Å²) < 4.78 is 5.28. The number of amides is 2. The molecule has 26 heavy (non-hydrogen) atoms. The Bertz CT molecular complexity index is 692. The molecule has 0 aliphatic rings. The molecule has 2 aromatic heterocycles. The lowest BCUT2D eigenvalue weighted by molar-refractivity contribution is -0.154. The zero-order chi connectivity index (χ0) is 18.8. The van der Waals surface area contributed by atoms with Crippen LogP contribution in [0.3, 0.4) is 0 Å². The maximum atomic E-state index is 12.4. The Kier molecular flexibility index (Phi) is 7.56. The number of aromatic nitrogens is 2. The maximum Gasteiger partial charge on any atom is 0.243 e. The van der Waals surface area contributed by atoms with Gasteiger partial charge >= 0.3 is 0 Å². The molecule has 0 saturated heterocycles. The van der Waals surface area contributed by atoms with E-state index < -0.39 is 5.92 Å². The molecule has 0 aliphatic carbocycles. The van der Waals surface area contributed by atoms with Crippen molar-refractivity contribution in [3.8, 4) is 11.5 Å². The summed E-state index contributed by atoms with van der Waals surface area (Å²) >= 11 is 0. The fourth-order valence-electron chi connectivity index (χ4n) is 2.41. The van der Waals surface area contributed by atoms with Gasteiger partial charge in [-0.25, -0.2) is 15.0 Å². The number of anilines is 1. The summed E-state index contributed by atoms with van der Waals surface area (Å²) in [6, 6.07) is 5.21. The standard InChI is InChI=1S/C17H23N5O4/c1-2-3-4-6-13(11-22(25)12-23)16(24)20-21-17-18-9-8-14(19-17)15-7-5-10-26-15/h5,7-10,12-13,25H,2-4,6,11H2,1H3,(H,20,24)(H,18,19,21)/t13-/m0/s1. The van der Waals surface area contributed by atoms with Gasteiger partial charge in [-0.3, -0.25) is 25.6 Å². The Hall–Kier alpha value is -2.94. The minimum Gasteiger partial charge on any atom is -0.463 e. The SMILES string of the molecule is CCCCC[C@@H](CN(O)C=O)C(=O)NNc1nccc(-c2ccco2)n1. The van der Waals surface area contributed by atoms with E-state index in [1.165, 1.54) is 0 Å². The molecule has 0 unspecified atom stereocenters. The van der Waals surface area contributed by atoms with Crippen molar-refractivity contribution >= 4 is 18.3 Å². The molecular weight excluding hydrogens is 338 g/mol. The van der Waals surface area contributed by atoms with E-state index in [9.17, 15) is 14.8 Å². The van der Waals surface area contributed by atoms with Gasteiger partial charge < -0.3 is 4.42 Å². The number of furan rings is 1. The molecule has 9 heteroatoms. The van der Waals surface area contributed by atoms with Gasteiger partial charge in [-0.05, 0) is 24.6 Å². The van der Waals surface area contributed by atoms with Crippen LogP contribution >= 0.6 is 0 Å². The van der Waals surface area contributed by atoms with Crippen LogP contribution in [-0.2, 0) is 9.59 Å². The number of nitrogens with zero attached hydrogens (tertiary/aromatic N) is 3. The predicted molar refractivity (Wildman–Crippen MR) is 93.7 cm³/mol. The predicted octanol–water partition coefficient (Wildman–Crippen LogP) is 2.22. The molecule has 9 nitrogen and oxygen atoms in total. The minimum atomic E-state index is -0.544. The molecule has 0 aromatic carbocycles. The number of hydroxylamine groups is 2. The summed E-state index contributed by atoms with van der Waals surface area (Å²) in [6.07, 6.45) is 6.73. The summed E-state index contributed by atoms with van der Waals surface area (Å²) in [7, 11) is 0. The van der Waals surface area contributed by atoms with Crippen molar-refractivity contribution in [2.75, 3.05) is 12.0 Å².